The zero-order valence-corrected chi connectivity index (χ0v) is 16.1. The van der Waals surface area contributed by atoms with E-state index in [2.05, 4.69) is 25.4 Å². The highest BCUT2D eigenvalue weighted by atomic mass is 19.1. The molecule has 1 amide bonds. The van der Waals surface area contributed by atoms with E-state index < -0.39 is 0 Å². The van der Waals surface area contributed by atoms with Crippen LogP contribution in [-0.2, 0) is 11.2 Å². The van der Waals surface area contributed by atoms with E-state index >= 15 is 0 Å². The van der Waals surface area contributed by atoms with Gasteiger partial charge in [0.05, 0.1) is 6.54 Å². The normalized spacial score (nSPS) is 18.4. The average Bonchev–Trinajstić information content (AvgIpc) is 3.47. The Hall–Kier alpha value is -2.15. The van der Waals surface area contributed by atoms with E-state index in [-0.39, 0.29) is 11.7 Å². The second-order valence-electron chi connectivity index (χ2n) is 7.31. The molecule has 0 spiro atoms. The van der Waals surface area contributed by atoms with Crippen LogP contribution in [0.15, 0.2) is 29.3 Å². The zero-order chi connectivity index (χ0) is 19.1. The summed E-state index contributed by atoms with van der Waals surface area (Å²) in [4.78, 5) is 20.7. The molecule has 0 unspecified atom stereocenters. The van der Waals surface area contributed by atoms with E-state index in [1.54, 1.807) is 19.2 Å². The Labute approximate surface area is 160 Å². The SMILES string of the molecule is CN=C(NCCCc1cccc(F)c1)N1CCN(CC(=O)NC2CC2)CC1. The summed E-state index contributed by atoms with van der Waals surface area (Å²) in [6.07, 6.45) is 4.01. The zero-order valence-electron chi connectivity index (χ0n) is 16.1. The van der Waals surface area contributed by atoms with Crippen molar-refractivity contribution in [3.63, 3.8) is 0 Å². The second kappa shape index (κ2) is 9.69. The number of halogens is 1. The molecule has 3 rings (SSSR count). The maximum Gasteiger partial charge on any atom is 0.234 e. The summed E-state index contributed by atoms with van der Waals surface area (Å²) in [6.45, 7) is 4.74. The summed E-state index contributed by atoms with van der Waals surface area (Å²) in [5.74, 6) is 0.863. The first-order valence-electron chi connectivity index (χ1n) is 9.86. The highest BCUT2D eigenvalue weighted by Crippen LogP contribution is 2.18. The molecule has 1 aromatic carbocycles. The molecule has 27 heavy (non-hydrogen) atoms. The minimum atomic E-state index is -0.181. The van der Waals surface area contributed by atoms with Crippen LogP contribution in [0.4, 0.5) is 4.39 Å². The number of benzene rings is 1. The molecule has 1 aromatic rings. The Balaban J connectivity index is 1.34. The van der Waals surface area contributed by atoms with Crippen LogP contribution in [0.25, 0.3) is 0 Å². The number of hydrogen-bond donors (Lipinski definition) is 2. The first kappa shape index (κ1) is 19.6. The van der Waals surface area contributed by atoms with Gasteiger partial charge in [0.2, 0.25) is 5.91 Å². The summed E-state index contributed by atoms with van der Waals surface area (Å²) < 4.78 is 13.2. The molecule has 0 radical (unpaired) electrons. The molecule has 1 saturated heterocycles. The molecule has 2 aliphatic rings. The third-order valence-electron chi connectivity index (χ3n) is 5.01. The van der Waals surface area contributed by atoms with Gasteiger partial charge in [-0.15, -0.1) is 0 Å². The summed E-state index contributed by atoms with van der Waals surface area (Å²) >= 11 is 0. The van der Waals surface area contributed by atoms with Crippen LogP contribution in [0, 0.1) is 5.82 Å². The number of aliphatic imine (C=N–C) groups is 1. The monoisotopic (exact) mass is 375 g/mol. The van der Waals surface area contributed by atoms with E-state index in [1.807, 2.05) is 6.07 Å². The Morgan fingerprint density at radius 1 is 1.26 bits per heavy atom. The summed E-state index contributed by atoms with van der Waals surface area (Å²) in [5, 5.41) is 6.44. The number of rotatable bonds is 7. The topological polar surface area (TPSA) is 60.0 Å². The van der Waals surface area contributed by atoms with Crippen molar-refractivity contribution in [3.05, 3.63) is 35.6 Å². The highest BCUT2D eigenvalue weighted by Gasteiger charge is 2.25. The molecule has 6 nitrogen and oxygen atoms in total. The molecule has 148 valence electrons. The van der Waals surface area contributed by atoms with Gasteiger partial charge in [-0.25, -0.2) is 4.39 Å². The summed E-state index contributed by atoms with van der Waals surface area (Å²) in [5.41, 5.74) is 1.02. The van der Waals surface area contributed by atoms with Crippen LogP contribution in [-0.4, -0.2) is 74.0 Å². The predicted molar refractivity (Wildman–Crippen MR) is 105 cm³/mol. The fourth-order valence-corrected chi connectivity index (χ4v) is 3.34. The lowest BCUT2D eigenvalue weighted by molar-refractivity contribution is -0.122. The number of aryl methyl sites for hydroxylation is 1. The number of amides is 1. The number of hydrogen-bond acceptors (Lipinski definition) is 3. The fourth-order valence-electron chi connectivity index (χ4n) is 3.34. The van der Waals surface area contributed by atoms with Crippen molar-refractivity contribution in [1.29, 1.82) is 0 Å². The Bertz CT molecular complexity index is 654. The van der Waals surface area contributed by atoms with Gasteiger partial charge in [0.1, 0.15) is 5.82 Å². The molecule has 1 saturated carbocycles. The average molecular weight is 375 g/mol. The van der Waals surface area contributed by atoms with Gasteiger partial charge >= 0.3 is 0 Å². The number of carbonyl (C=O) groups is 1. The van der Waals surface area contributed by atoms with Crippen LogP contribution in [0.5, 0.6) is 0 Å². The molecule has 0 atom stereocenters. The van der Waals surface area contributed by atoms with Gasteiger partial charge in [0, 0.05) is 45.8 Å². The van der Waals surface area contributed by atoms with Crippen LogP contribution < -0.4 is 10.6 Å². The van der Waals surface area contributed by atoms with Crippen molar-refractivity contribution in [1.82, 2.24) is 20.4 Å². The van der Waals surface area contributed by atoms with E-state index in [0.717, 1.165) is 69.9 Å². The van der Waals surface area contributed by atoms with Crippen molar-refractivity contribution in [2.24, 2.45) is 4.99 Å². The van der Waals surface area contributed by atoms with Crippen molar-refractivity contribution < 1.29 is 9.18 Å². The van der Waals surface area contributed by atoms with Crippen molar-refractivity contribution in [3.8, 4) is 0 Å². The third-order valence-corrected chi connectivity index (χ3v) is 5.01. The molecule has 0 bridgehead atoms. The third kappa shape index (κ3) is 6.50. The van der Waals surface area contributed by atoms with E-state index in [1.165, 1.54) is 6.07 Å². The maximum absolute atomic E-state index is 13.2. The second-order valence-corrected chi connectivity index (χ2v) is 7.31. The van der Waals surface area contributed by atoms with Gasteiger partial charge in [-0.2, -0.15) is 0 Å². The van der Waals surface area contributed by atoms with Crippen molar-refractivity contribution in [2.45, 2.75) is 31.7 Å². The molecule has 2 fully saturated rings. The number of carbonyl (C=O) groups excluding carboxylic acids is 1. The van der Waals surface area contributed by atoms with Gasteiger partial charge in [0.25, 0.3) is 0 Å². The lowest BCUT2D eigenvalue weighted by Gasteiger charge is -2.36. The summed E-state index contributed by atoms with van der Waals surface area (Å²) in [7, 11) is 1.80. The molecule has 1 heterocycles. The van der Waals surface area contributed by atoms with Gasteiger partial charge < -0.3 is 15.5 Å². The Morgan fingerprint density at radius 3 is 2.70 bits per heavy atom. The smallest absolute Gasteiger partial charge is 0.234 e. The molecule has 0 aromatic heterocycles. The number of guanidine groups is 1. The summed E-state index contributed by atoms with van der Waals surface area (Å²) in [6, 6.07) is 7.19. The van der Waals surface area contributed by atoms with Gasteiger partial charge in [-0.1, -0.05) is 12.1 Å². The minimum absolute atomic E-state index is 0.144. The standard InChI is InChI=1S/C20H30FN5O/c1-22-20(23-9-3-5-16-4-2-6-17(21)14-16)26-12-10-25(11-13-26)15-19(27)24-18-7-8-18/h2,4,6,14,18H,3,5,7-13,15H2,1H3,(H,22,23)(H,24,27). The van der Waals surface area contributed by atoms with E-state index in [4.69, 9.17) is 0 Å². The molecular weight excluding hydrogens is 345 g/mol. The predicted octanol–water partition coefficient (Wildman–Crippen LogP) is 1.23. The van der Waals surface area contributed by atoms with Crippen molar-refractivity contribution >= 4 is 11.9 Å². The lowest BCUT2D eigenvalue weighted by Crippen LogP contribution is -2.54. The number of piperazine rings is 1. The highest BCUT2D eigenvalue weighted by molar-refractivity contribution is 5.80. The fraction of sp³-hybridized carbons (Fsp3) is 0.600. The molecule has 2 N–H and O–H groups in total. The first-order chi connectivity index (χ1) is 13.1. The minimum Gasteiger partial charge on any atom is -0.356 e. The number of nitrogens with one attached hydrogen (secondary N) is 2. The quantitative estimate of drug-likeness (QED) is 0.428. The Kier molecular flexibility index (Phi) is 7.04. The Morgan fingerprint density at radius 2 is 2.04 bits per heavy atom. The van der Waals surface area contributed by atoms with E-state index in [0.29, 0.717) is 12.6 Å². The van der Waals surface area contributed by atoms with E-state index in [9.17, 15) is 9.18 Å². The van der Waals surface area contributed by atoms with Crippen LogP contribution in [0.3, 0.4) is 0 Å². The molecule has 7 heteroatoms. The molecule has 1 aliphatic carbocycles. The maximum atomic E-state index is 13.2. The number of nitrogens with zero attached hydrogens (tertiary/aromatic N) is 3. The van der Waals surface area contributed by atoms with Gasteiger partial charge in [0.15, 0.2) is 5.96 Å². The van der Waals surface area contributed by atoms with Crippen LogP contribution >= 0.6 is 0 Å². The largest absolute Gasteiger partial charge is 0.356 e. The van der Waals surface area contributed by atoms with Gasteiger partial charge in [-0.05, 0) is 43.4 Å². The molecular formula is C20H30FN5O. The van der Waals surface area contributed by atoms with Crippen molar-refractivity contribution in [2.75, 3.05) is 46.3 Å². The first-order valence-corrected chi connectivity index (χ1v) is 9.86. The van der Waals surface area contributed by atoms with Gasteiger partial charge in [-0.3, -0.25) is 14.7 Å². The lowest BCUT2D eigenvalue weighted by atomic mass is 10.1. The molecule has 1 aliphatic heterocycles. The van der Waals surface area contributed by atoms with Crippen LogP contribution in [0.2, 0.25) is 0 Å². The van der Waals surface area contributed by atoms with Crippen LogP contribution in [0.1, 0.15) is 24.8 Å².